The maximum absolute atomic E-state index is 12.4. The van der Waals surface area contributed by atoms with E-state index in [2.05, 4.69) is 15.9 Å². The maximum atomic E-state index is 12.4. The summed E-state index contributed by atoms with van der Waals surface area (Å²) in [7, 11) is 1.59. The quantitative estimate of drug-likeness (QED) is 0.737. The SMILES string of the molecule is COc1ccc(Cl)cc1N1C(=O)CS[C@@H]1c1ccccc1Br. The average molecular weight is 399 g/mol. The Hall–Kier alpha value is -1.17. The van der Waals surface area contributed by atoms with Crippen LogP contribution >= 0.6 is 39.3 Å². The van der Waals surface area contributed by atoms with Gasteiger partial charge >= 0.3 is 0 Å². The van der Waals surface area contributed by atoms with Crippen molar-refractivity contribution in [2.75, 3.05) is 17.8 Å². The topological polar surface area (TPSA) is 29.5 Å². The normalized spacial score (nSPS) is 17.9. The number of carbonyl (C=O) groups is 1. The van der Waals surface area contributed by atoms with Crippen molar-refractivity contribution in [3.05, 3.63) is 57.5 Å². The van der Waals surface area contributed by atoms with Crippen LogP contribution < -0.4 is 9.64 Å². The van der Waals surface area contributed by atoms with Gasteiger partial charge in [0.2, 0.25) is 5.91 Å². The summed E-state index contributed by atoms with van der Waals surface area (Å²) in [6.07, 6.45) is 0. The molecule has 0 aliphatic carbocycles. The Bertz CT molecular complexity index is 725. The van der Waals surface area contributed by atoms with E-state index < -0.39 is 0 Å². The summed E-state index contributed by atoms with van der Waals surface area (Å²) in [6, 6.07) is 13.2. The molecule has 3 rings (SSSR count). The first kappa shape index (κ1) is 15.7. The zero-order chi connectivity index (χ0) is 15.7. The van der Waals surface area contributed by atoms with Gasteiger partial charge in [0.25, 0.3) is 0 Å². The number of hydrogen-bond donors (Lipinski definition) is 0. The van der Waals surface area contributed by atoms with Crippen LogP contribution in [0.3, 0.4) is 0 Å². The fourth-order valence-electron chi connectivity index (χ4n) is 2.44. The largest absolute Gasteiger partial charge is 0.495 e. The van der Waals surface area contributed by atoms with Gasteiger partial charge < -0.3 is 4.74 Å². The van der Waals surface area contributed by atoms with Crippen LogP contribution in [0.2, 0.25) is 5.02 Å². The minimum absolute atomic E-state index is 0.0475. The van der Waals surface area contributed by atoms with Gasteiger partial charge in [-0.1, -0.05) is 45.7 Å². The van der Waals surface area contributed by atoms with Crippen LogP contribution in [0.4, 0.5) is 5.69 Å². The van der Waals surface area contributed by atoms with Crippen LogP contribution in [0.15, 0.2) is 46.9 Å². The van der Waals surface area contributed by atoms with E-state index >= 15 is 0 Å². The standard InChI is InChI=1S/C16H13BrClNO2S/c1-21-14-7-6-10(18)8-13(14)19-15(20)9-22-16(19)11-4-2-3-5-12(11)17/h2-8,16H,9H2,1H3/t16-/m1/s1. The number of rotatable bonds is 3. The van der Waals surface area contributed by atoms with Crippen LogP contribution in [-0.4, -0.2) is 18.8 Å². The summed E-state index contributed by atoms with van der Waals surface area (Å²) in [5.41, 5.74) is 1.76. The lowest BCUT2D eigenvalue weighted by atomic mass is 10.2. The van der Waals surface area contributed by atoms with E-state index in [1.54, 1.807) is 42.0 Å². The molecule has 0 radical (unpaired) electrons. The van der Waals surface area contributed by atoms with E-state index in [-0.39, 0.29) is 11.3 Å². The lowest BCUT2D eigenvalue weighted by Gasteiger charge is -2.26. The van der Waals surface area contributed by atoms with Crippen LogP contribution in [0.5, 0.6) is 5.75 Å². The molecule has 0 bridgehead atoms. The molecule has 0 spiro atoms. The van der Waals surface area contributed by atoms with Crippen molar-refractivity contribution in [3.8, 4) is 5.75 Å². The summed E-state index contributed by atoms with van der Waals surface area (Å²) in [4.78, 5) is 14.2. The van der Waals surface area contributed by atoms with Gasteiger partial charge in [0.1, 0.15) is 11.1 Å². The molecule has 6 heteroatoms. The first-order valence-corrected chi connectivity index (χ1v) is 8.85. The van der Waals surface area contributed by atoms with E-state index in [0.29, 0.717) is 22.2 Å². The summed E-state index contributed by atoms with van der Waals surface area (Å²) < 4.78 is 6.38. The maximum Gasteiger partial charge on any atom is 0.238 e. The van der Waals surface area contributed by atoms with Gasteiger partial charge in [-0.25, -0.2) is 0 Å². The molecule has 2 aromatic carbocycles. The third-order valence-electron chi connectivity index (χ3n) is 3.44. The predicted molar refractivity (Wildman–Crippen MR) is 94.8 cm³/mol. The third-order valence-corrected chi connectivity index (χ3v) is 5.59. The second-order valence-corrected chi connectivity index (χ2v) is 7.12. The molecular weight excluding hydrogens is 386 g/mol. The first-order chi connectivity index (χ1) is 10.6. The molecule has 1 heterocycles. The molecular formula is C16H13BrClNO2S. The van der Waals surface area contributed by atoms with Gasteiger partial charge in [-0.15, -0.1) is 11.8 Å². The van der Waals surface area contributed by atoms with Gasteiger partial charge in [0, 0.05) is 9.50 Å². The van der Waals surface area contributed by atoms with Gasteiger partial charge in [-0.2, -0.15) is 0 Å². The Balaban J connectivity index is 2.09. The van der Waals surface area contributed by atoms with Crippen molar-refractivity contribution in [2.24, 2.45) is 0 Å². The van der Waals surface area contributed by atoms with Crippen molar-refractivity contribution < 1.29 is 9.53 Å². The Morgan fingerprint density at radius 1 is 1.32 bits per heavy atom. The number of hydrogen-bond acceptors (Lipinski definition) is 3. The Morgan fingerprint density at radius 2 is 2.09 bits per heavy atom. The minimum atomic E-state index is -0.101. The van der Waals surface area contributed by atoms with Crippen LogP contribution in [-0.2, 0) is 4.79 Å². The number of thioether (sulfide) groups is 1. The highest BCUT2D eigenvalue weighted by atomic mass is 79.9. The molecule has 2 aromatic rings. The Labute approximate surface area is 146 Å². The lowest BCUT2D eigenvalue weighted by molar-refractivity contribution is -0.115. The van der Waals surface area contributed by atoms with E-state index in [0.717, 1.165) is 10.0 Å². The number of methoxy groups -OCH3 is 1. The average Bonchev–Trinajstić information content (AvgIpc) is 2.89. The number of benzene rings is 2. The number of halogens is 2. The van der Waals surface area contributed by atoms with E-state index in [1.807, 2.05) is 24.3 Å². The molecule has 22 heavy (non-hydrogen) atoms. The molecule has 1 saturated heterocycles. The monoisotopic (exact) mass is 397 g/mol. The minimum Gasteiger partial charge on any atom is -0.495 e. The Morgan fingerprint density at radius 3 is 2.82 bits per heavy atom. The van der Waals surface area contributed by atoms with Crippen molar-refractivity contribution in [1.82, 2.24) is 0 Å². The lowest BCUT2D eigenvalue weighted by Crippen LogP contribution is -2.28. The van der Waals surface area contributed by atoms with Crippen molar-refractivity contribution >= 4 is 50.9 Å². The molecule has 1 aliphatic rings. The van der Waals surface area contributed by atoms with Gasteiger partial charge in [0.05, 0.1) is 18.6 Å². The summed E-state index contributed by atoms with van der Waals surface area (Å²) in [5, 5.41) is 0.474. The fraction of sp³-hybridized carbons (Fsp3) is 0.188. The third kappa shape index (κ3) is 2.85. The highest BCUT2D eigenvalue weighted by Crippen LogP contribution is 2.47. The van der Waals surface area contributed by atoms with E-state index in [9.17, 15) is 4.79 Å². The van der Waals surface area contributed by atoms with Crippen molar-refractivity contribution in [1.29, 1.82) is 0 Å². The van der Waals surface area contributed by atoms with Crippen LogP contribution in [0.25, 0.3) is 0 Å². The molecule has 1 fully saturated rings. The van der Waals surface area contributed by atoms with E-state index in [4.69, 9.17) is 16.3 Å². The molecule has 1 amide bonds. The summed E-state index contributed by atoms with van der Waals surface area (Å²) >= 11 is 11.3. The van der Waals surface area contributed by atoms with Crippen molar-refractivity contribution in [3.63, 3.8) is 0 Å². The first-order valence-electron chi connectivity index (χ1n) is 6.63. The highest BCUT2D eigenvalue weighted by molar-refractivity contribution is 9.10. The second-order valence-electron chi connectivity index (χ2n) is 4.76. The fourth-order valence-corrected chi connectivity index (χ4v) is 4.47. The molecule has 0 aromatic heterocycles. The smallest absolute Gasteiger partial charge is 0.238 e. The van der Waals surface area contributed by atoms with Crippen molar-refractivity contribution in [2.45, 2.75) is 5.37 Å². The number of amides is 1. The summed E-state index contributed by atoms with van der Waals surface area (Å²) in [5.74, 6) is 1.12. The van der Waals surface area contributed by atoms with Gasteiger partial charge in [-0.05, 0) is 29.8 Å². The molecule has 0 N–H and O–H groups in total. The highest BCUT2D eigenvalue weighted by Gasteiger charge is 2.36. The predicted octanol–water partition coefficient (Wildman–Crippen LogP) is 4.89. The zero-order valence-corrected chi connectivity index (χ0v) is 14.9. The van der Waals surface area contributed by atoms with Crippen LogP contribution in [0.1, 0.15) is 10.9 Å². The van der Waals surface area contributed by atoms with Gasteiger partial charge in [-0.3, -0.25) is 9.69 Å². The number of anilines is 1. The molecule has 1 aliphatic heterocycles. The summed E-state index contributed by atoms with van der Waals surface area (Å²) in [6.45, 7) is 0. The Kier molecular flexibility index (Phi) is 4.66. The van der Waals surface area contributed by atoms with Crippen LogP contribution in [0, 0.1) is 0 Å². The zero-order valence-electron chi connectivity index (χ0n) is 11.8. The number of nitrogens with zero attached hydrogens (tertiary/aromatic N) is 1. The van der Waals surface area contributed by atoms with E-state index in [1.165, 1.54) is 0 Å². The molecule has 114 valence electrons. The number of ether oxygens (including phenoxy) is 1. The second kappa shape index (κ2) is 6.52. The molecule has 1 atom stereocenters. The molecule has 3 nitrogen and oxygen atoms in total. The van der Waals surface area contributed by atoms with Gasteiger partial charge in [0.15, 0.2) is 0 Å². The molecule has 0 saturated carbocycles. The number of carbonyl (C=O) groups excluding carboxylic acids is 1. The molecule has 0 unspecified atom stereocenters.